The van der Waals surface area contributed by atoms with Gasteiger partial charge >= 0.3 is 0 Å². The molecule has 1 unspecified atom stereocenters. The molecule has 0 amide bonds. The van der Waals surface area contributed by atoms with Gasteiger partial charge in [0.15, 0.2) is 11.5 Å². The summed E-state index contributed by atoms with van der Waals surface area (Å²) < 4.78 is 40.2. The molecular weight excluding hydrogens is 418 g/mol. The van der Waals surface area contributed by atoms with Gasteiger partial charge in [-0.25, -0.2) is 0 Å². The van der Waals surface area contributed by atoms with Crippen LogP contribution in [0.15, 0.2) is 23.8 Å². The normalized spacial score (nSPS) is 26.3. The standard InChI is InChI=1S/C29H42F2O2/c1-2-3-6-21-9-13-24(14-10-21)25-15-11-23(12-16-25)20-33-27-18-17-26(28(30)29(27)31)32-19-22-7-4-5-8-22/h11,17-18,21-22,24-25H,2-10,12-16,19-20H2,1H3. The van der Waals surface area contributed by atoms with Gasteiger partial charge < -0.3 is 9.47 Å². The van der Waals surface area contributed by atoms with Crippen LogP contribution in [0.1, 0.15) is 96.8 Å². The number of allylic oxidation sites excluding steroid dienone is 1. The van der Waals surface area contributed by atoms with Gasteiger partial charge in [-0.05, 0) is 86.3 Å². The summed E-state index contributed by atoms with van der Waals surface area (Å²) in [6, 6.07) is 3.01. The van der Waals surface area contributed by atoms with Crippen LogP contribution in [0.5, 0.6) is 11.5 Å². The summed E-state index contributed by atoms with van der Waals surface area (Å²) in [5.41, 5.74) is 1.21. The first-order valence-corrected chi connectivity index (χ1v) is 13.6. The maximum absolute atomic E-state index is 14.5. The summed E-state index contributed by atoms with van der Waals surface area (Å²) in [4.78, 5) is 0. The molecule has 4 heteroatoms. The highest BCUT2D eigenvalue weighted by Gasteiger charge is 2.28. The monoisotopic (exact) mass is 460 g/mol. The van der Waals surface area contributed by atoms with Crippen LogP contribution in [0.4, 0.5) is 8.78 Å². The lowest BCUT2D eigenvalue weighted by Gasteiger charge is -2.35. The second kappa shape index (κ2) is 12.2. The number of halogens is 2. The third-order valence-corrected chi connectivity index (χ3v) is 8.44. The maximum atomic E-state index is 14.5. The van der Waals surface area contributed by atoms with Crippen molar-refractivity contribution in [1.82, 2.24) is 0 Å². The Balaban J connectivity index is 1.22. The van der Waals surface area contributed by atoms with Crippen molar-refractivity contribution in [3.63, 3.8) is 0 Å². The van der Waals surface area contributed by atoms with E-state index < -0.39 is 11.6 Å². The number of hydrogen-bond acceptors (Lipinski definition) is 2. The Morgan fingerprint density at radius 1 is 0.818 bits per heavy atom. The molecular formula is C29H42F2O2. The molecule has 0 saturated heterocycles. The fraction of sp³-hybridized carbons (Fsp3) is 0.724. The molecule has 1 aromatic carbocycles. The van der Waals surface area contributed by atoms with Crippen LogP contribution in [0, 0.1) is 35.3 Å². The van der Waals surface area contributed by atoms with Crippen LogP contribution in [0.2, 0.25) is 0 Å². The SMILES string of the molecule is CCCCC1CCC(C2CC=C(COc3ccc(OCC4CCCC4)c(F)c3F)CC2)CC1. The van der Waals surface area contributed by atoms with E-state index in [1.807, 2.05) is 0 Å². The van der Waals surface area contributed by atoms with Crippen LogP contribution in [-0.2, 0) is 0 Å². The second-order valence-corrected chi connectivity index (χ2v) is 10.8. The van der Waals surface area contributed by atoms with Crippen LogP contribution >= 0.6 is 0 Å². The van der Waals surface area contributed by atoms with Crippen molar-refractivity contribution in [2.45, 2.75) is 96.8 Å². The molecule has 0 aromatic heterocycles. The highest BCUT2D eigenvalue weighted by Crippen LogP contribution is 2.41. The topological polar surface area (TPSA) is 18.5 Å². The largest absolute Gasteiger partial charge is 0.490 e. The summed E-state index contributed by atoms with van der Waals surface area (Å²) in [5.74, 6) is 1.17. The first-order valence-electron chi connectivity index (χ1n) is 13.6. The number of ether oxygens (including phenoxy) is 2. The minimum atomic E-state index is -0.937. The molecule has 33 heavy (non-hydrogen) atoms. The van der Waals surface area contributed by atoms with Crippen molar-refractivity contribution in [1.29, 1.82) is 0 Å². The van der Waals surface area contributed by atoms with Gasteiger partial charge in [0.25, 0.3) is 0 Å². The van der Waals surface area contributed by atoms with Crippen molar-refractivity contribution in [2.75, 3.05) is 13.2 Å². The Morgan fingerprint density at radius 3 is 2.15 bits per heavy atom. The molecule has 1 aromatic rings. The predicted molar refractivity (Wildman–Crippen MR) is 130 cm³/mol. The van der Waals surface area contributed by atoms with Crippen molar-refractivity contribution < 1.29 is 18.3 Å². The van der Waals surface area contributed by atoms with Crippen molar-refractivity contribution in [3.05, 3.63) is 35.4 Å². The molecule has 3 aliphatic rings. The van der Waals surface area contributed by atoms with E-state index in [-0.39, 0.29) is 11.5 Å². The van der Waals surface area contributed by atoms with Crippen LogP contribution in [-0.4, -0.2) is 13.2 Å². The van der Waals surface area contributed by atoms with Crippen LogP contribution < -0.4 is 9.47 Å². The summed E-state index contributed by atoms with van der Waals surface area (Å²) in [7, 11) is 0. The minimum absolute atomic E-state index is 0.00381. The van der Waals surface area contributed by atoms with Gasteiger partial charge in [-0.15, -0.1) is 0 Å². The van der Waals surface area contributed by atoms with E-state index in [1.165, 1.54) is 81.9 Å². The molecule has 0 aliphatic heterocycles. The van der Waals surface area contributed by atoms with Gasteiger partial charge in [0.1, 0.15) is 6.61 Å². The first kappa shape index (κ1) is 24.5. The number of rotatable bonds is 10. The Hall–Kier alpha value is -1.58. The van der Waals surface area contributed by atoms with Gasteiger partial charge in [0.05, 0.1) is 6.61 Å². The summed E-state index contributed by atoms with van der Waals surface area (Å²) >= 11 is 0. The minimum Gasteiger partial charge on any atom is -0.490 e. The van der Waals surface area contributed by atoms with E-state index in [4.69, 9.17) is 9.47 Å². The van der Waals surface area contributed by atoms with Crippen molar-refractivity contribution in [3.8, 4) is 11.5 Å². The molecule has 0 heterocycles. The molecule has 1 atom stereocenters. The first-order chi connectivity index (χ1) is 16.1. The van der Waals surface area contributed by atoms with E-state index in [9.17, 15) is 8.78 Å². The summed E-state index contributed by atoms with van der Waals surface area (Å²) in [5, 5.41) is 0. The van der Waals surface area contributed by atoms with Gasteiger partial charge in [0.2, 0.25) is 11.6 Å². The molecule has 2 nitrogen and oxygen atoms in total. The zero-order chi connectivity index (χ0) is 23.0. The van der Waals surface area contributed by atoms with Crippen molar-refractivity contribution >= 4 is 0 Å². The van der Waals surface area contributed by atoms with E-state index >= 15 is 0 Å². The number of benzene rings is 1. The summed E-state index contributed by atoms with van der Waals surface area (Å²) in [6.07, 6.45) is 19.9. The highest BCUT2D eigenvalue weighted by molar-refractivity contribution is 5.35. The Labute approximate surface area is 199 Å². The number of hydrogen-bond donors (Lipinski definition) is 0. The molecule has 0 spiro atoms. The molecule has 2 fully saturated rings. The summed E-state index contributed by atoms with van der Waals surface area (Å²) in [6.45, 7) is 3.09. The molecule has 2 saturated carbocycles. The lowest BCUT2D eigenvalue weighted by Crippen LogP contribution is -2.24. The molecule has 4 rings (SSSR count). The third kappa shape index (κ3) is 6.73. The molecule has 0 bridgehead atoms. The van der Waals surface area contributed by atoms with E-state index in [2.05, 4.69) is 13.0 Å². The zero-order valence-electron chi connectivity index (χ0n) is 20.4. The third-order valence-electron chi connectivity index (χ3n) is 8.44. The predicted octanol–water partition coefficient (Wildman–Crippen LogP) is 8.64. The second-order valence-electron chi connectivity index (χ2n) is 10.8. The van der Waals surface area contributed by atoms with Gasteiger partial charge in [-0.3, -0.25) is 0 Å². The number of unbranched alkanes of at least 4 members (excludes halogenated alkanes) is 1. The van der Waals surface area contributed by atoms with Crippen LogP contribution in [0.3, 0.4) is 0 Å². The van der Waals surface area contributed by atoms with Crippen molar-refractivity contribution in [2.24, 2.45) is 23.7 Å². The smallest absolute Gasteiger partial charge is 0.204 e. The van der Waals surface area contributed by atoms with Gasteiger partial charge in [0, 0.05) is 0 Å². The molecule has 184 valence electrons. The Morgan fingerprint density at radius 2 is 1.52 bits per heavy atom. The Bertz CT molecular complexity index is 776. The molecule has 0 N–H and O–H groups in total. The quantitative estimate of drug-likeness (QED) is 0.325. The maximum Gasteiger partial charge on any atom is 0.204 e. The van der Waals surface area contributed by atoms with Gasteiger partial charge in [-0.1, -0.05) is 57.9 Å². The molecule has 3 aliphatic carbocycles. The lowest BCUT2D eigenvalue weighted by atomic mass is 9.71. The van der Waals surface area contributed by atoms with E-state index in [1.54, 1.807) is 0 Å². The lowest BCUT2D eigenvalue weighted by molar-refractivity contribution is 0.183. The van der Waals surface area contributed by atoms with Gasteiger partial charge in [-0.2, -0.15) is 8.78 Å². The highest BCUT2D eigenvalue weighted by atomic mass is 19.2. The average Bonchev–Trinajstić information content (AvgIpc) is 3.37. The zero-order valence-corrected chi connectivity index (χ0v) is 20.4. The van der Waals surface area contributed by atoms with E-state index in [0.717, 1.165) is 43.4 Å². The fourth-order valence-corrected chi connectivity index (χ4v) is 6.20. The average molecular weight is 461 g/mol. The molecule has 0 radical (unpaired) electrons. The van der Waals surface area contributed by atoms with E-state index in [0.29, 0.717) is 19.1 Å². The Kier molecular flexibility index (Phi) is 9.09. The van der Waals surface area contributed by atoms with Crippen LogP contribution in [0.25, 0.3) is 0 Å². The fourth-order valence-electron chi connectivity index (χ4n) is 6.20.